The molecule has 0 fully saturated rings. The van der Waals surface area contributed by atoms with Crippen molar-refractivity contribution in [3.05, 3.63) is 87.0 Å². The summed E-state index contributed by atoms with van der Waals surface area (Å²) in [4.78, 5) is 27.6. The van der Waals surface area contributed by atoms with Crippen LogP contribution in [0.1, 0.15) is 15.9 Å². The molecule has 1 amide bonds. The number of halogens is 2. The number of hydrogen-bond donors (Lipinski definition) is 3. The van der Waals surface area contributed by atoms with Crippen LogP contribution in [0.5, 0.6) is 5.75 Å². The maximum atomic E-state index is 13.1. The fourth-order valence-electron chi connectivity index (χ4n) is 2.92. The first-order chi connectivity index (χ1) is 13.9. The Morgan fingerprint density at radius 3 is 2.55 bits per heavy atom. The van der Waals surface area contributed by atoms with E-state index >= 15 is 0 Å². The van der Waals surface area contributed by atoms with Gasteiger partial charge in [-0.2, -0.15) is 5.10 Å². The molecular formula is C20H14ClFN4O3. The maximum Gasteiger partial charge on any atom is 0.266 e. The Morgan fingerprint density at radius 2 is 1.86 bits per heavy atom. The van der Waals surface area contributed by atoms with E-state index in [1.807, 2.05) is 0 Å². The molecule has 4 rings (SSSR count). The van der Waals surface area contributed by atoms with Gasteiger partial charge in [0.05, 0.1) is 17.3 Å². The van der Waals surface area contributed by atoms with Gasteiger partial charge in [-0.25, -0.2) is 9.07 Å². The molecule has 2 aromatic carbocycles. The number of carbonyl (C=O) groups excluding carboxylic acids is 1. The average Bonchev–Trinajstić information content (AvgIpc) is 3.12. The van der Waals surface area contributed by atoms with Crippen molar-refractivity contribution in [2.24, 2.45) is 0 Å². The Kier molecular flexibility index (Phi) is 4.77. The second-order valence-corrected chi connectivity index (χ2v) is 6.72. The highest BCUT2D eigenvalue weighted by atomic mass is 35.5. The minimum Gasteiger partial charge on any atom is -0.506 e. The van der Waals surface area contributed by atoms with Gasteiger partial charge in [-0.05, 0) is 42.0 Å². The van der Waals surface area contributed by atoms with E-state index in [9.17, 15) is 19.1 Å². The molecule has 146 valence electrons. The van der Waals surface area contributed by atoms with Crippen molar-refractivity contribution in [1.29, 1.82) is 0 Å². The van der Waals surface area contributed by atoms with E-state index in [4.69, 9.17) is 11.6 Å². The summed E-state index contributed by atoms with van der Waals surface area (Å²) in [5, 5.41) is 18.0. The van der Waals surface area contributed by atoms with Crippen molar-refractivity contribution < 1.29 is 14.3 Å². The molecule has 0 bridgehead atoms. The molecule has 0 aliphatic heterocycles. The van der Waals surface area contributed by atoms with Crippen LogP contribution in [0, 0.1) is 5.82 Å². The number of nitrogens with one attached hydrogen (secondary N) is 2. The van der Waals surface area contributed by atoms with Crippen LogP contribution in [0.3, 0.4) is 0 Å². The number of nitrogens with zero attached hydrogens (tertiary/aromatic N) is 2. The number of aromatic amines is 1. The van der Waals surface area contributed by atoms with Gasteiger partial charge >= 0.3 is 0 Å². The monoisotopic (exact) mass is 412 g/mol. The average molecular weight is 413 g/mol. The number of benzene rings is 2. The van der Waals surface area contributed by atoms with Crippen molar-refractivity contribution in [1.82, 2.24) is 20.1 Å². The van der Waals surface area contributed by atoms with Gasteiger partial charge in [-0.15, -0.1) is 0 Å². The minimum absolute atomic E-state index is 0.155. The molecule has 0 aliphatic carbocycles. The van der Waals surface area contributed by atoms with Gasteiger partial charge in [0.25, 0.3) is 11.5 Å². The molecular weight excluding hydrogens is 399 g/mol. The second-order valence-electron chi connectivity index (χ2n) is 6.28. The normalized spacial score (nSPS) is 11.0. The van der Waals surface area contributed by atoms with Gasteiger partial charge in [0.15, 0.2) is 0 Å². The highest BCUT2D eigenvalue weighted by Crippen LogP contribution is 2.26. The first-order valence-electron chi connectivity index (χ1n) is 8.55. The predicted molar refractivity (Wildman–Crippen MR) is 106 cm³/mol. The van der Waals surface area contributed by atoms with Gasteiger partial charge in [0, 0.05) is 11.6 Å². The highest BCUT2D eigenvalue weighted by molar-refractivity contribution is 6.30. The Bertz CT molecular complexity index is 1260. The van der Waals surface area contributed by atoms with Crippen LogP contribution >= 0.6 is 11.6 Å². The second kappa shape index (κ2) is 7.40. The van der Waals surface area contributed by atoms with Crippen LogP contribution in [0.15, 0.2) is 59.5 Å². The van der Waals surface area contributed by atoms with Gasteiger partial charge in [-0.3, -0.25) is 9.59 Å². The van der Waals surface area contributed by atoms with Gasteiger partial charge in [0.2, 0.25) is 0 Å². The van der Waals surface area contributed by atoms with E-state index in [-0.39, 0.29) is 17.6 Å². The van der Waals surface area contributed by atoms with E-state index in [0.29, 0.717) is 10.7 Å². The smallest absolute Gasteiger partial charge is 0.266 e. The third kappa shape index (κ3) is 3.57. The number of amides is 1. The number of fused-ring (bicyclic) bond motifs is 1. The molecule has 7 nitrogen and oxygen atoms in total. The van der Waals surface area contributed by atoms with E-state index in [1.54, 1.807) is 24.3 Å². The fourth-order valence-corrected chi connectivity index (χ4v) is 3.04. The summed E-state index contributed by atoms with van der Waals surface area (Å²) in [6, 6.07) is 12.3. The number of pyridine rings is 1. The van der Waals surface area contributed by atoms with Crippen molar-refractivity contribution in [2.75, 3.05) is 0 Å². The van der Waals surface area contributed by atoms with Gasteiger partial charge in [-0.1, -0.05) is 23.7 Å². The Hall–Kier alpha value is -3.65. The number of aromatic hydroxyl groups is 1. The fraction of sp³-hybridized carbons (Fsp3) is 0.0500. The van der Waals surface area contributed by atoms with Crippen molar-refractivity contribution >= 4 is 28.5 Å². The minimum atomic E-state index is -0.771. The lowest BCUT2D eigenvalue weighted by molar-refractivity contribution is 0.0947. The van der Waals surface area contributed by atoms with E-state index < -0.39 is 28.6 Å². The van der Waals surface area contributed by atoms with Gasteiger partial charge in [0.1, 0.15) is 22.8 Å². The van der Waals surface area contributed by atoms with E-state index in [2.05, 4.69) is 15.4 Å². The molecule has 0 saturated heterocycles. The molecule has 2 aromatic heterocycles. The van der Waals surface area contributed by atoms with E-state index in [0.717, 1.165) is 5.56 Å². The van der Waals surface area contributed by atoms with Crippen LogP contribution < -0.4 is 10.9 Å². The van der Waals surface area contributed by atoms with Crippen molar-refractivity contribution in [2.45, 2.75) is 6.54 Å². The van der Waals surface area contributed by atoms with Crippen LogP contribution in [0.2, 0.25) is 5.02 Å². The Labute approximate surface area is 168 Å². The first kappa shape index (κ1) is 18.7. The summed E-state index contributed by atoms with van der Waals surface area (Å²) < 4.78 is 14.5. The summed E-state index contributed by atoms with van der Waals surface area (Å²) in [6.45, 7) is 0.155. The predicted octanol–water partition coefficient (Wildman–Crippen LogP) is 3.14. The summed E-state index contributed by atoms with van der Waals surface area (Å²) in [5.74, 6) is -1.62. The lowest BCUT2D eigenvalue weighted by Gasteiger charge is -2.08. The zero-order valence-corrected chi connectivity index (χ0v) is 15.6. The first-order valence-corrected chi connectivity index (χ1v) is 8.93. The lowest BCUT2D eigenvalue weighted by atomic mass is 10.1. The number of aromatic nitrogens is 3. The third-order valence-electron chi connectivity index (χ3n) is 4.38. The van der Waals surface area contributed by atoms with Crippen molar-refractivity contribution in [3.63, 3.8) is 0 Å². The van der Waals surface area contributed by atoms with Crippen molar-refractivity contribution in [3.8, 4) is 11.4 Å². The Balaban J connectivity index is 1.67. The number of hydrogen-bond acceptors (Lipinski definition) is 4. The molecule has 29 heavy (non-hydrogen) atoms. The molecule has 0 radical (unpaired) electrons. The molecule has 2 heterocycles. The molecule has 4 aromatic rings. The SMILES string of the molecule is O=C(NCc1ccc(Cl)cc1)c1c(O)c2cnn(-c3ccc(F)cc3)c2[nH]c1=O. The summed E-state index contributed by atoms with van der Waals surface area (Å²) in [5.41, 5.74) is 0.270. The quantitative estimate of drug-likeness (QED) is 0.479. The molecule has 0 atom stereocenters. The van der Waals surface area contributed by atoms with Crippen LogP contribution in [-0.4, -0.2) is 25.8 Å². The number of H-pyrrole nitrogens is 1. The molecule has 0 aliphatic rings. The summed E-state index contributed by atoms with van der Waals surface area (Å²) in [7, 11) is 0. The number of rotatable bonds is 4. The maximum absolute atomic E-state index is 13.1. The van der Waals surface area contributed by atoms with Gasteiger partial charge < -0.3 is 15.4 Å². The molecule has 0 unspecified atom stereocenters. The third-order valence-corrected chi connectivity index (χ3v) is 4.64. The molecule has 0 spiro atoms. The molecule has 3 N–H and O–H groups in total. The lowest BCUT2D eigenvalue weighted by Crippen LogP contribution is -2.29. The largest absolute Gasteiger partial charge is 0.506 e. The topological polar surface area (TPSA) is 100 Å². The summed E-state index contributed by atoms with van der Waals surface area (Å²) >= 11 is 5.83. The zero-order valence-electron chi connectivity index (χ0n) is 14.8. The van der Waals surface area contributed by atoms with Crippen LogP contribution in [0.4, 0.5) is 4.39 Å². The number of carbonyl (C=O) groups is 1. The standard InChI is InChI=1S/C20H14ClFN4O3/c21-12-3-1-11(2-4-12)9-23-19(28)16-17(27)15-10-24-26(18(15)25-20(16)29)14-7-5-13(22)6-8-14/h1-8,10H,9H2,(H,23,28)(H2,25,27,29). The Morgan fingerprint density at radius 1 is 1.17 bits per heavy atom. The zero-order chi connectivity index (χ0) is 20.5. The molecule has 9 heteroatoms. The van der Waals surface area contributed by atoms with Crippen LogP contribution in [-0.2, 0) is 6.54 Å². The highest BCUT2D eigenvalue weighted by Gasteiger charge is 2.21. The summed E-state index contributed by atoms with van der Waals surface area (Å²) in [6.07, 6.45) is 1.32. The molecule has 0 saturated carbocycles. The van der Waals surface area contributed by atoms with E-state index in [1.165, 1.54) is 35.1 Å². The van der Waals surface area contributed by atoms with Crippen LogP contribution in [0.25, 0.3) is 16.7 Å².